The van der Waals surface area contributed by atoms with E-state index in [1.54, 1.807) is 0 Å². The summed E-state index contributed by atoms with van der Waals surface area (Å²) in [6, 6.07) is 18.6. The Kier molecular flexibility index (Phi) is 6.19. The van der Waals surface area contributed by atoms with E-state index in [1.165, 1.54) is 14.1 Å². The lowest BCUT2D eigenvalue weighted by atomic mass is 10.2. The lowest BCUT2D eigenvalue weighted by Crippen LogP contribution is -2.45. The van der Waals surface area contributed by atoms with Crippen LogP contribution >= 0.6 is 0 Å². The third-order valence-corrected chi connectivity index (χ3v) is 3.39. The normalized spacial score (nSPS) is 9.92. The molecule has 0 radical (unpaired) electrons. The summed E-state index contributed by atoms with van der Waals surface area (Å²) >= 11 is 0. The highest BCUT2D eigenvalue weighted by Gasteiger charge is 2.21. The molecule has 24 heavy (non-hydrogen) atoms. The summed E-state index contributed by atoms with van der Waals surface area (Å²) in [5, 5.41) is 2.13. The van der Waals surface area contributed by atoms with Crippen LogP contribution in [0.15, 0.2) is 60.7 Å². The van der Waals surface area contributed by atoms with Crippen LogP contribution in [0.3, 0.4) is 0 Å². The summed E-state index contributed by atoms with van der Waals surface area (Å²) < 4.78 is 10.3. The van der Waals surface area contributed by atoms with Gasteiger partial charge in [0.1, 0.15) is 13.2 Å². The van der Waals surface area contributed by atoms with E-state index in [0.717, 1.165) is 21.1 Å². The van der Waals surface area contributed by atoms with E-state index < -0.39 is 12.2 Å². The van der Waals surface area contributed by atoms with Crippen molar-refractivity contribution >= 4 is 12.2 Å². The molecule has 0 N–H and O–H groups in total. The number of benzene rings is 2. The second-order valence-corrected chi connectivity index (χ2v) is 5.13. The molecule has 2 aromatic carbocycles. The molecule has 0 unspecified atom stereocenters. The maximum Gasteiger partial charge on any atom is 0.429 e. The van der Waals surface area contributed by atoms with Gasteiger partial charge in [-0.2, -0.15) is 0 Å². The molecular weight excluding hydrogens is 308 g/mol. The fourth-order valence-corrected chi connectivity index (χ4v) is 1.87. The number of rotatable bonds is 4. The van der Waals surface area contributed by atoms with Gasteiger partial charge in [-0.05, 0) is 11.1 Å². The van der Waals surface area contributed by atoms with Gasteiger partial charge in [-0.3, -0.25) is 0 Å². The number of hydrazine groups is 1. The predicted molar refractivity (Wildman–Crippen MR) is 88.8 cm³/mol. The third-order valence-electron chi connectivity index (χ3n) is 3.39. The standard InChI is InChI=1S/C18H20N2O4/c1-19(17(21)23-13-15-9-5-3-6-10-15)20(2)18(22)24-14-16-11-7-4-8-12-16/h3-12H,13-14H2,1-2H3. The number of carbonyl (C=O) groups is 2. The van der Waals surface area contributed by atoms with Crippen LogP contribution in [-0.4, -0.2) is 36.3 Å². The van der Waals surface area contributed by atoms with Gasteiger partial charge in [0.25, 0.3) is 0 Å². The second-order valence-electron chi connectivity index (χ2n) is 5.13. The number of hydrogen-bond donors (Lipinski definition) is 0. The Morgan fingerprint density at radius 3 is 1.38 bits per heavy atom. The van der Waals surface area contributed by atoms with E-state index in [2.05, 4.69) is 0 Å². The second kappa shape index (κ2) is 8.57. The maximum atomic E-state index is 12.0. The molecule has 0 aliphatic carbocycles. The Morgan fingerprint density at radius 1 is 0.708 bits per heavy atom. The smallest absolute Gasteiger partial charge is 0.429 e. The van der Waals surface area contributed by atoms with Crippen molar-refractivity contribution in [2.75, 3.05) is 14.1 Å². The van der Waals surface area contributed by atoms with Crippen LogP contribution in [-0.2, 0) is 22.7 Å². The number of amides is 2. The summed E-state index contributed by atoms with van der Waals surface area (Å²) in [4.78, 5) is 24.0. The molecule has 126 valence electrons. The third kappa shape index (κ3) is 5.01. The molecule has 0 aromatic heterocycles. The van der Waals surface area contributed by atoms with Crippen molar-refractivity contribution in [3.8, 4) is 0 Å². The summed E-state index contributed by atoms with van der Waals surface area (Å²) in [7, 11) is 2.88. The van der Waals surface area contributed by atoms with Crippen molar-refractivity contribution in [3.05, 3.63) is 71.8 Å². The van der Waals surface area contributed by atoms with E-state index in [0.29, 0.717) is 0 Å². The lowest BCUT2D eigenvalue weighted by Gasteiger charge is -2.26. The van der Waals surface area contributed by atoms with Crippen LogP contribution in [0, 0.1) is 0 Å². The van der Waals surface area contributed by atoms with Crippen LogP contribution in [0.2, 0.25) is 0 Å². The summed E-state index contributed by atoms with van der Waals surface area (Å²) in [6.07, 6.45) is -1.28. The molecule has 0 aliphatic rings. The molecule has 6 heteroatoms. The van der Waals surface area contributed by atoms with E-state index in [-0.39, 0.29) is 13.2 Å². The van der Waals surface area contributed by atoms with Gasteiger partial charge in [0.2, 0.25) is 0 Å². The van der Waals surface area contributed by atoms with E-state index in [9.17, 15) is 9.59 Å². The van der Waals surface area contributed by atoms with Gasteiger partial charge in [-0.15, -0.1) is 0 Å². The van der Waals surface area contributed by atoms with Crippen molar-refractivity contribution in [1.29, 1.82) is 0 Å². The van der Waals surface area contributed by atoms with Gasteiger partial charge in [0.05, 0.1) is 0 Å². The zero-order chi connectivity index (χ0) is 17.4. The average Bonchev–Trinajstić information content (AvgIpc) is 2.64. The minimum Gasteiger partial charge on any atom is -0.443 e. The predicted octanol–water partition coefficient (Wildman–Crippen LogP) is 3.44. The van der Waals surface area contributed by atoms with Crippen LogP contribution in [0.1, 0.15) is 11.1 Å². The van der Waals surface area contributed by atoms with Gasteiger partial charge in [-0.25, -0.2) is 19.6 Å². The number of nitrogens with zero attached hydrogens (tertiary/aromatic N) is 2. The molecule has 0 atom stereocenters. The molecule has 0 saturated heterocycles. The van der Waals surface area contributed by atoms with Crippen molar-refractivity contribution in [1.82, 2.24) is 10.0 Å². The molecule has 0 aliphatic heterocycles. The van der Waals surface area contributed by atoms with Gasteiger partial charge >= 0.3 is 12.2 Å². The Bertz CT molecular complexity index is 602. The Balaban J connectivity index is 1.80. The minimum absolute atomic E-state index is 0.136. The van der Waals surface area contributed by atoms with E-state index in [1.807, 2.05) is 60.7 Å². The quantitative estimate of drug-likeness (QED) is 0.807. The first-order chi connectivity index (χ1) is 11.6. The molecule has 6 nitrogen and oxygen atoms in total. The lowest BCUT2D eigenvalue weighted by molar-refractivity contribution is 0.00184. The Hall–Kier alpha value is -3.02. The highest BCUT2D eigenvalue weighted by atomic mass is 16.6. The summed E-state index contributed by atoms with van der Waals surface area (Å²) in [5.74, 6) is 0. The molecule has 0 heterocycles. The maximum absolute atomic E-state index is 12.0. The molecule has 2 aromatic rings. The Labute approximate surface area is 141 Å². The van der Waals surface area contributed by atoms with Crippen molar-refractivity contribution in [3.63, 3.8) is 0 Å². The first kappa shape index (κ1) is 17.3. The molecule has 0 spiro atoms. The average molecular weight is 328 g/mol. The highest BCUT2D eigenvalue weighted by molar-refractivity contribution is 5.73. The SMILES string of the molecule is CN(C(=O)OCc1ccccc1)N(C)C(=O)OCc1ccccc1. The zero-order valence-electron chi connectivity index (χ0n) is 13.7. The summed E-state index contributed by atoms with van der Waals surface area (Å²) in [5.41, 5.74) is 1.74. The first-order valence-electron chi connectivity index (χ1n) is 7.46. The Morgan fingerprint density at radius 2 is 1.04 bits per heavy atom. The van der Waals surface area contributed by atoms with Gasteiger partial charge in [-0.1, -0.05) is 60.7 Å². The number of hydrogen-bond acceptors (Lipinski definition) is 4. The summed E-state index contributed by atoms with van der Waals surface area (Å²) in [6.45, 7) is 0.272. The topological polar surface area (TPSA) is 59.1 Å². The monoisotopic (exact) mass is 328 g/mol. The fraction of sp³-hybridized carbons (Fsp3) is 0.222. The van der Waals surface area contributed by atoms with Crippen LogP contribution in [0.25, 0.3) is 0 Å². The van der Waals surface area contributed by atoms with Crippen LogP contribution in [0.4, 0.5) is 9.59 Å². The van der Waals surface area contributed by atoms with Crippen LogP contribution < -0.4 is 0 Å². The highest BCUT2D eigenvalue weighted by Crippen LogP contribution is 2.06. The van der Waals surface area contributed by atoms with E-state index >= 15 is 0 Å². The van der Waals surface area contributed by atoms with Crippen molar-refractivity contribution < 1.29 is 19.1 Å². The largest absolute Gasteiger partial charge is 0.443 e. The fourth-order valence-electron chi connectivity index (χ4n) is 1.87. The first-order valence-corrected chi connectivity index (χ1v) is 7.46. The molecule has 0 fully saturated rings. The molecule has 2 amide bonds. The van der Waals surface area contributed by atoms with Gasteiger partial charge in [0.15, 0.2) is 0 Å². The molecular formula is C18H20N2O4. The number of ether oxygens (including phenoxy) is 2. The molecule has 2 rings (SSSR count). The van der Waals surface area contributed by atoms with Gasteiger partial charge in [0, 0.05) is 14.1 Å². The van der Waals surface area contributed by atoms with Crippen LogP contribution in [0.5, 0.6) is 0 Å². The molecule has 0 bridgehead atoms. The minimum atomic E-state index is -0.641. The van der Waals surface area contributed by atoms with Crippen molar-refractivity contribution in [2.24, 2.45) is 0 Å². The van der Waals surface area contributed by atoms with Crippen molar-refractivity contribution in [2.45, 2.75) is 13.2 Å². The number of carbonyl (C=O) groups excluding carboxylic acids is 2. The van der Waals surface area contributed by atoms with E-state index in [4.69, 9.17) is 9.47 Å². The van der Waals surface area contributed by atoms with Gasteiger partial charge < -0.3 is 9.47 Å². The zero-order valence-corrected chi connectivity index (χ0v) is 13.7. The molecule has 0 saturated carbocycles.